The predicted molar refractivity (Wildman–Crippen MR) is 66.1 cm³/mol. The third-order valence-corrected chi connectivity index (χ3v) is 1.97. The number of rotatable bonds is 4. The molecule has 1 aromatic carbocycles. The third-order valence-electron chi connectivity index (χ3n) is 1.97. The summed E-state index contributed by atoms with van der Waals surface area (Å²) < 4.78 is 4.67. The summed E-state index contributed by atoms with van der Waals surface area (Å²) in [5.41, 5.74) is 1.89. The molecule has 0 radical (unpaired) electrons. The van der Waals surface area contributed by atoms with Gasteiger partial charge in [0, 0.05) is 12.6 Å². The van der Waals surface area contributed by atoms with Crippen molar-refractivity contribution in [3.05, 3.63) is 29.8 Å². The van der Waals surface area contributed by atoms with Gasteiger partial charge in [0.1, 0.15) is 6.61 Å². The van der Waals surface area contributed by atoms with E-state index in [-0.39, 0.29) is 31.1 Å². The van der Waals surface area contributed by atoms with E-state index in [1.807, 2.05) is 31.2 Å². The number of nitrogens with one attached hydrogen (secondary N) is 1. The van der Waals surface area contributed by atoms with E-state index in [1.165, 1.54) is 6.92 Å². The molecule has 0 spiro atoms. The molecule has 0 heterocycles. The SMILES string of the molecule is CC(=O)OCCC(=O)Nc1ccc(C)cc1.O=C=O. The van der Waals surface area contributed by atoms with Crippen LogP contribution in [-0.4, -0.2) is 24.6 Å². The van der Waals surface area contributed by atoms with Crippen molar-refractivity contribution in [2.45, 2.75) is 20.3 Å². The molecule has 6 nitrogen and oxygen atoms in total. The molecule has 0 aromatic heterocycles. The molecule has 0 unspecified atom stereocenters. The molecule has 0 saturated carbocycles. The molecule has 0 aliphatic carbocycles. The molecular formula is C13H15NO5. The fourth-order valence-electron chi connectivity index (χ4n) is 1.15. The lowest BCUT2D eigenvalue weighted by molar-refractivity contribution is -0.191. The molecule has 0 aliphatic rings. The Hall–Kier alpha value is -2.46. The number of esters is 1. The smallest absolute Gasteiger partial charge is 0.373 e. The minimum absolute atomic E-state index is 0.118. The molecule has 0 bridgehead atoms. The van der Waals surface area contributed by atoms with Crippen LogP contribution < -0.4 is 5.32 Å². The van der Waals surface area contributed by atoms with Crippen molar-refractivity contribution in [2.24, 2.45) is 0 Å². The molecule has 0 saturated heterocycles. The highest BCUT2D eigenvalue weighted by Gasteiger charge is 2.03. The van der Waals surface area contributed by atoms with Gasteiger partial charge in [-0.05, 0) is 19.1 Å². The van der Waals surface area contributed by atoms with Crippen molar-refractivity contribution >= 4 is 23.7 Å². The van der Waals surface area contributed by atoms with Crippen molar-refractivity contribution in [3.8, 4) is 0 Å². The zero-order valence-electron chi connectivity index (χ0n) is 10.8. The average molecular weight is 265 g/mol. The Morgan fingerprint density at radius 3 is 2.21 bits per heavy atom. The molecule has 0 aliphatic heterocycles. The average Bonchev–Trinajstić information content (AvgIpc) is 2.32. The van der Waals surface area contributed by atoms with Crippen LogP contribution in [0, 0.1) is 6.92 Å². The summed E-state index contributed by atoms with van der Waals surface area (Å²) >= 11 is 0. The van der Waals surface area contributed by atoms with Gasteiger partial charge in [0.2, 0.25) is 5.91 Å². The minimum atomic E-state index is -0.372. The Morgan fingerprint density at radius 2 is 1.74 bits per heavy atom. The van der Waals surface area contributed by atoms with Gasteiger partial charge in [-0.2, -0.15) is 9.59 Å². The molecule has 0 fully saturated rings. The van der Waals surface area contributed by atoms with Gasteiger partial charge in [0.15, 0.2) is 0 Å². The maximum Gasteiger partial charge on any atom is 0.373 e. The minimum Gasteiger partial charge on any atom is -0.465 e. The topological polar surface area (TPSA) is 89.5 Å². The molecule has 1 amide bonds. The van der Waals surface area contributed by atoms with E-state index >= 15 is 0 Å². The molecule has 6 heteroatoms. The van der Waals surface area contributed by atoms with Crippen LogP contribution in [0.2, 0.25) is 0 Å². The first kappa shape index (κ1) is 16.5. The summed E-state index contributed by atoms with van der Waals surface area (Å²) in [7, 11) is 0. The van der Waals surface area contributed by atoms with Crippen LogP contribution in [0.4, 0.5) is 5.69 Å². The second kappa shape index (κ2) is 9.56. The number of anilines is 1. The van der Waals surface area contributed by atoms with E-state index in [9.17, 15) is 9.59 Å². The molecular weight excluding hydrogens is 250 g/mol. The second-order valence-corrected chi connectivity index (χ2v) is 3.59. The Morgan fingerprint density at radius 1 is 1.21 bits per heavy atom. The molecule has 0 atom stereocenters. The summed E-state index contributed by atoms with van der Waals surface area (Å²) in [6, 6.07) is 7.50. The normalized spacial score (nSPS) is 8.53. The molecule has 1 rings (SSSR count). The van der Waals surface area contributed by atoms with Crippen LogP contribution >= 0.6 is 0 Å². The Balaban J connectivity index is 0.000000982. The monoisotopic (exact) mass is 265 g/mol. The van der Waals surface area contributed by atoms with Crippen molar-refractivity contribution in [2.75, 3.05) is 11.9 Å². The number of hydrogen-bond acceptors (Lipinski definition) is 5. The number of hydrogen-bond donors (Lipinski definition) is 1. The van der Waals surface area contributed by atoms with Crippen molar-refractivity contribution in [1.82, 2.24) is 0 Å². The predicted octanol–water partition coefficient (Wildman–Crippen LogP) is 1.30. The largest absolute Gasteiger partial charge is 0.465 e. The van der Waals surface area contributed by atoms with Gasteiger partial charge in [-0.25, -0.2) is 0 Å². The number of carbonyl (C=O) groups excluding carboxylic acids is 4. The lowest BCUT2D eigenvalue weighted by Gasteiger charge is -2.05. The van der Waals surface area contributed by atoms with Gasteiger partial charge < -0.3 is 10.1 Å². The highest BCUT2D eigenvalue weighted by Crippen LogP contribution is 2.08. The second-order valence-electron chi connectivity index (χ2n) is 3.59. The maximum atomic E-state index is 11.4. The van der Waals surface area contributed by atoms with Crippen molar-refractivity contribution < 1.29 is 23.9 Å². The van der Waals surface area contributed by atoms with Gasteiger partial charge >= 0.3 is 12.1 Å². The number of amides is 1. The van der Waals surface area contributed by atoms with Crippen LogP contribution in [-0.2, 0) is 23.9 Å². The van der Waals surface area contributed by atoms with E-state index in [4.69, 9.17) is 9.59 Å². The summed E-state index contributed by atoms with van der Waals surface area (Å²) in [6.07, 6.45) is 0.424. The van der Waals surface area contributed by atoms with Crippen LogP contribution in [0.15, 0.2) is 24.3 Å². The standard InChI is InChI=1S/C12H15NO3.CO2/c1-9-3-5-11(6-4-9)13-12(15)7-8-16-10(2)14;2-1-3/h3-6H,7-8H2,1-2H3,(H,13,15);. The first-order chi connectivity index (χ1) is 8.99. The molecule has 1 aromatic rings. The first-order valence-electron chi connectivity index (χ1n) is 5.48. The van der Waals surface area contributed by atoms with Crippen LogP contribution in [0.25, 0.3) is 0 Å². The fourth-order valence-corrected chi connectivity index (χ4v) is 1.15. The van der Waals surface area contributed by atoms with Crippen molar-refractivity contribution in [1.29, 1.82) is 0 Å². The zero-order valence-corrected chi connectivity index (χ0v) is 10.8. The molecule has 19 heavy (non-hydrogen) atoms. The number of carbonyl (C=O) groups is 2. The quantitative estimate of drug-likeness (QED) is 0.829. The van der Waals surface area contributed by atoms with Gasteiger partial charge in [-0.15, -0.1) is 0 Å². The van der Waals surface area contributed by atoms with E-state index in [0.29, 0.717) is 0 Å². The van der Waals surface area contributed by atoms with Gasteiger partial charge in [-0.3, -0.25) is 9.59 Å². The van der Waals surface area contributed by atoms with Gasteiger partial charge in [-0.1, -0.05) is 17.7 Å². The van der Waals surface area contributed by atoms with Crippen LogP contribution in [0.1, 0.15) is 18.9 Å². The molecule has 1 N–H and O–H groups in total. The van der Waals surface area contributed by atoms with Crippen LogP contribution in [0.5, 0.6) is 0 Å². The summed E-state index contributed by atoms with van der Waals surface area (Å²) in [6.45, 7) is 3.41. The lowest BCUT2D eigenvalue weighted by atomic mass is 10.2. The summed E-state index contributed by atoms with van der Waals surface area (Å²) in [5, 5.41) is 2.71. The summed E-state index contributed by atoms with van der Waals surface area (Å²) in [4.78, 5) is 38.1. The van der Waals surface area contributed by atoms with E-state index in [2.05, 4.69) is 10.1 Å². The number of aryl methyl sites for hydroxylation is 1. The number of benzene rings is 1. The third kappa shape index (κ3) is 9.26. The van der Waals surface area contributed by atoms with E-state index in [0.717, 1.165) is 11.3 Å². The van der Waals surface area contributed by atoms with Gasteiger partial charge in [0.05, 0.1) is 6.42 Å². The van der Waals surface area contributed by atoms with Crippen molar-refractivity contribution in [3.63, 3.8) is 0 Å². The highest BCUT2D eigenvalue weighted by molar-refractivity contribution is 5.90. The fraction of sp³-hybridized carbons (Fsp3) is 0.308. The number of ether oxygens (including phenoxy) is 1. The van der Waals surface area contributed by atoms with E-state index in [1.54, 1.807) is 0 Å². The van der Waals surface area contributed by atoms with Crippen LogP contribution in [0.3, 0.4) is 0 Å². The molecule has 102 valence electrons. The Bertz CT molecular complexity index is 447. The van der Waals surface area contributed by atoms with Gasteiger partial charge in [0.25, 0.3) is 0 Å². The lowest BCUT2D eigenvalue weighted by Crippen LogP contribution is -2.15. The Kier molecular flexibility index (Phi) is 8.32. The Labute approximate surface area is 110 Å². The zero-order chi connectivity index (χ0) is 14.7. The summed E-state index contributed by atoms with van der Waals surface area (Å²) in [5.74, 6) is -0.534. The maximum absolute atomic E-state index is 11.4. The highest BCUT2D eigenvalue weighted by atomic mass is 16.5. The van der Waals surface area contributed by atoms with E-state index < -0.39 is 0 Å². The first-order valence-corrected chi connectivity index (χ1v) is 5.48.